The Bertz CT molecular complexity index is 1370. The van der Waals surface area contributed by atoms with Gasteiger partial charge in [0.1, 0.15) is 23.4 Å². The van der Waals surface area contributed by atoms with E-state index in [1.807, 2.05) is 73.7 Å². The van der Waals surface area contributed by atoms with Gasteiger partial charge in [-0.2, -0.15) is 0 Å². The van der Waals surface area contributed by atoms with Crippen molar-refractivity contribution < 1.29 is 19.1 Å². The third-order valence-electron chi connectivity index (χ3n) is 8.83. The molecule has 3 amide bonds. The van der Waals surface area contributed by atoms with E-state index in [1.54, 1.807) is 0 Å². The Labute approximate surface area is 255 Å². The number of piperidine rings is 1. The molecule has 0 aliphatic carbocycles. The van der Waals surface area contributed by atoms with E-state index in [4.69, 9.17) is 9.47 Å². The summed E-state index contributed by atoms with van der Waals surface area (Å²) in [4.78, 5) is 27.7. The number of carbonyl (C=O) groups is 2. The highest BCUT2D eigenvalue weighted by molar-refractivity contribution is 6.04. The van der Waals surface area contributed by atoms with Crippen molar-refractivity contribution in [1.29, 1.82) is 0 Å². The van der Waals surface area contributed by atoms with E-state index in [9.17, 15) is 9.59 Å². The minimum absolute atomic E-state index is 0.157. The molecule has 3 aromatic rings. The molecule has 2 saturated heterocycles. The highest BCUT2D eigenvalue weighted by atomic mass is 16.5. The molecule has 0 aromatic heterocycles. The summed E-state index contributed by atoms with van der Waals surface area (Å²) in [5.74, 6) is 2.01. The summed E-state index contributed by atoms with van der Waals surface area (Å²) in [7, 11) is 2.23. The fraction of sp³-hybridized carbons (Fsp3) is 0.429. The maximum Gasteiger partial charge on any atom is 0.319 e. The summed E-state index contributed by atoms with van der Waals surface area (Å²) in [5, 5.41) is 8.87. The lowest BCUT2D eigenvalue weighted by atomic mass is 10.0. The van der Waals surface area contributed by atoms with Crippen molar-refractivity contribution in [3.8, 4) is 17.2 Å². The topological polar surface area (TPSA) is 91.9 Å². The maximum absolute atomic E-state index is 12.9. The molecule has 8 heteroatoms. The highest BCUT2D eigenvalue weighted by Crippen LogP contribution is 2.36. The lowest BCUT2D eigenvalue weighted by molar-refractivity contribution is 0.0661. The molecule has 0 radical (unpaired) electrons. The van der Waals surface area contributed by atoms with E-state index in [1.165, 1.54) is 12.8 Å². The Kier molecular flexibility index (Phi) is 9.87. The predicted molar refractivity (Wildman–Crippen MR) is 171 cm³/mol. The van der Waals surface area contributed by atoms with Crippen molar-refractivity contribution in [3.63, 3.8) is 0 Å². The molecular formula is C35H44N4O4. The molecule has 3 aromatic carbocycles. The largest absolute Gasteiger partial charge is 0.490 e. The number of hydrogen-bond acceptors (Lipinski definition) is 5. The third kappa shape index (κ3) is 7.68. The van der Waals surface area contributed by atoms with Gasteiger partial charge in [-0.3, -0.25) is 4.79 Å². The van der Waals surface area contributed by atoms with Crippen LogP contribution >= 0.6 is 0 Å². The van der Waals surface area contributed by atoms with E-state index in [2.05, 4.69) is 41.7 Å². The van der Waals surface area contributed by atoms with Crippen LogP contribution in [0.2, 0.25) is 0 Å². The fourth-order valence-corrected chi connectivity index (χ4v) is 6.15. The first-order valence-corrected chi connectivity index (χ1v) is 15.6. The summed E-state index contributed by atoms with van der Waals surface area (Å²) in [6.07, 6.45) is 7.42. The molecular weight excluding hydrogens is 540 g/mol. The Balaban J connectivity index is 1.13. The SMILES string of the molecule is CCc1cc(NC(=O)NC(CC)CC)ccc1Oc1ccc(NC(=O)c2ccc(OC3CC4CCC(C3)N4C)cc2)cc1. The van der Waals surface area contributed by atoms with Gasteiger partial charge in [0.05, 0.1) is 0 Å². The van der Waals surface area contributed by atoms with Crippen LogP contribution in [0.25, 0.3) is 0 Å². The molecule has 2 aliphatic heterocycles. The number of nitrogens with zero attached hydrogens (tertiary/aromatic N) is 1. The number of fused-ring (bicyclic) bond motifs is 2. The summed E-state index contributed by atoms with van der Waals surface area (Å²) >= 11 is 0. The van der Waals surface area contributed by atoms with E-state index in [0.717, 1.165) is 54.9 Å². The average molecular weight is 585 g/mol. The van der Waals surface area contributed by atoms with Crippen LogP contribution < -0.4 is 25.4 Å². The highest BCUT2D eigenvalue weighted by Gasteiger charge is 2.39. The zero-order chi connectivity index (χ0) is 30.3. The number of carbonyl (C=O) groups excluding carboxylic acids is 2. The number of anilines is 2. The smallest absolute Gasteiger partial charge is 0.319 e. The van der Waals surface area contributed by atoms with Gasteiger partial charge < -0.3 is 30.3 Å². The van der Waals surface area contributed by atoms with Crippen LogP contribution in [0.3, 0.4) is 0 Å². The lowest BCUT2D eigenvalue weighted by Gasteiger charge is -2.36. The predicted octanol–water partition coefficient (Wildman–Crippen LogP) is 7.61. The lowest BCUT2D eigenvalue weighted by Crippen LogP contribution is -2.43. The first-order chi connectivity index (χ1) is 20.8. The number of urea groups is 1. The molecule has 3 N–H and O–H groups in total. The van der Waals surface area contributed by atoms with Gasteiger partial charge in [-0.15, -0.1) is 0 Å². The van der Waals surface area contributed by atoms with E-state index in [-0.39, 0.29) is 24.1 Å². The molecule has 228 valence electrons. The second kappa shape index (κ2) is 14.0. The van der Waals surface area contributed by atoms with Crippen LogP contribution in [-0.4, -0.2) is 48.1 Å². The first kappa shape index (κ1) is 30.4. The summed E-state index contributed by atoms with van der Waals surface area (Å²) in [5.41, 5.74) is 2.96. The molecule has 2 bridgehead atoms. The van der Waals surface area contributed by atoms with Gasteiger partial charge in [0.2, 0.25) is 0 Å². The average Bonchev–Trinajstić information content (AvgIpc) is 3.21. The van der Waals surface area contributed by atoms with Gasteiger partial charge in [-0.25, -0.2) is 4.79 Å². The number of nitrogens with one attached hydrogen (secondary N) is 3. The summed E-state index contributed by atoms with van der Waals surface area (Å²) < 4.78 is 12.4. The Morgan fingerprint density at radius 3 is 2.09 bits per heavy atom. The Hall–Kier alpha value is -4.04. The van der Waals surface area contributed by atoms with Gasteiger partial charge >= 0.3 is 6.03 Å². The van der Waals surface area contributed by atoms with Gasteiger partial charge in [-0.05, 0) is 124 Å². The Morgan fingerprint density at radius 2 is 1.47 bits per heavy atom. The number of benzene rings is 3. The van der Waals surface area contributed by atoms with E-state index >= 15 is 0 Å². The second-order valence-electron chi connectivity index (χ2n) is 11.7. The number of aryl methyl sites for hydroxylation is 1. The van der Waals surface area contributed by atoms with Gasteiger partial charge in [0.15, 0.2) is 0 Å². The van der Waals surface area contributed by atoms with Gasteiger partial charge in [0, 0.05) is 35.1 Å². The minimum Gasteiger partial charge on any atom is -0.490 e. The van der Waals surface area contributed by atoms with Crippen molar-refractivity contribution in [2.75, 3.05) is 17.7 Å². The van der Waals surface area contributed by atoms with Crippen LogP contribution in [-0.2, 0) is 6.42 Å². The van der Waals surface area contributed by atoms with Crippen molar-refractivity contribution in [2.45, 2.75) is 89.9 Å². The fourth-order valence-electron chi connectivity index (χ4n) is 6.15. The second-order valence-corrected chi connectivity index (χ2v) is 11.7. The third-order valence-corrected chi connectivity index (χ3v) is 8.83. The van der Waals surface area contributed by atoms with E-state index in [0.29, 0.717) is 29.1 Å². The van der Waals surface area contributed by atoms with Crippen molar-refractivity contribution in [1.82, 2.24) is 10.2 Å². The monoisotopic (exact) mass is 584 g/mol. The number of hydrogen-bond donors (Lipinski definition) is 3. The standard InChI is InChI=1S/C35H44N4O4/c1-5-23-20-27(38-35(41)37-25(6-2)7-3)12-19-33(23)43-31-17-10-26(11-18-31)36-34(40)24-8-15-30(16-9-24)42-32-21-28-13-14-29(22-32)39(28)4/h8-12,15-20,25,28-29,32H,5-7,13-14,21-22H2,1-4H3,(H,36,40)(H2,37,38,41). The molecule has 0 saturated carbocycles. The van der Waals surface area contributed by atoms with Crippen molar-refractivity contribution in [3.05, 3.63) is 77.9 Å². The van der Waals surface area contributed by atoms with Gasteiger partial charge in [-0.1, -0.05) is 20.8 Å². The van der Waals surface area contributed by atoms with E-state index < -0.39 is 0 Å². The molecule has 2 fully saturated rings. The number of ether oxygens (including phenoxy) is 2. The quantitative estimate of drug-likeness (QED) is 0.216. The molecule has 43 heavy (non-hydrogen) atoms. The molecule has 8 nitrogen and oxygen atoms in total. The molecule has 2 unspecified atom stereocenters. The van der Waals surface area contributed by atoms with Crippen LogP contribution in [0.15, 0.2) is 66.7 Å². The van der Waals surface area contributed by atoms with Crippen LogP contribution in [0.4, 0.5) is 16.2 Å². The first-order valence-electron chi connectivity index (χ1n) is 15.6. The molecule has 2 aliphatic rings. The zero-order valence-corrected chi connectivity index (χ0v) is 25.7. The summed E-state index contributed by atoms with van der Waals surface area (Å²) in [6, 6.07) is 21.5. The van der Waals surface area contributed by atoms with Crippen molar-refractivity contribution in [2.24, 2.45) is 0 Å². The zero-order valence-electron chi connectivity index (χ0n) is 25.7. The van der Waals surface area contributed by atoms with Crippen molar-refractivity contribution >= 4 is 23.3 Å². The molecule has 0 spiro atoms. The molecule has 5 rings (SSSR count). The van der Waals surface area contributed by atoms with Crippen LogP contribution in [0.5, 0.6) is 17.2 Å². The summed E-state index contributed by atoms with van der Waals surface area (Å²) in [6.45, 7) is 6.17. The van der Waals surface area contributed by atoms with Crippen LogP contribution in [0.1, 0.15) is 75.2 Å². The normalized spacial score (nSPS) is 19.6. The van der Waals surface area contributed by atoms with Gasteiger partial charge in [0.25, 0.3) is 5.91 Å². The molecule has 2 atom stereocenters. The number of amides is 3. The van der Waals surface area contributed by atoms with Crippen LogP contribution in [0, 0.1) is 0 Å². The maximum atomic E-state index is 12.9. The molecule has 2 heterocycles. The minimum atomic E-state index is -0.203. The Morgan fingerprint density at radius 1 is 0.837 bits per heavy atom. The number of rotatable bonds is 11.